The fourth-order valence-electron chi connectivity index (χ4n) is 1.28. The van der Waals surface area contributed by atoms with Crippen LogP contribution in [0.5, 0.6) is 0 Å². The van der Waals surface area contributed by atoms with E-state index in [9.17, 15) is 9.18 Å². The van der Waals surface area contributed by atoms with E-state index in [2.05, 4.69) is 22.0 Å². The molecule has 1 aromatic rings. The zero-order valence-corrected chi connectivity index (χ0v) is 10.8. The Bertz CT molecular complexity index is 456. The number of halogens is 2. The Hall–Kier alpha value is -1.41. The van der Waals surface area contributed by atoms with Gasteiger partial charge in [-0.1, -0.05) is 15.9 Å². The quantitative estimate of drug-likeness (QED) is 0.633. The van der Waals surface area contributed by atoms with Crippen LogP contribution in [0.2, 0.25) is 0 Å². The molecular weight excluding hydrogens is 289 g/mol. The zero-order valence-electron chi connectivity index (χ0n) is 9.17. The highest BCUT2D eigenvalue weighted by atomic mass is 79.9. The molecule has 1 radical (unpaired) electrons. The van der Waals surface area contributed by atoms with Crippen molar-refractivity contribution in [2.45, 2.75) is 18.2 Å². The summed E-state index contributed by atoms with van der Waals surface area (Å²) in [7, 11) is 0. The molecule has 0 saturated carbocycles. The van der Waals surface area contributed by atoms with Gasteiger partial charge >= 0.3 is 5.97 Å². The molecule has 0 amide bonds. The zero-order chi connectivity index (χ0) is 12.8. The Morgan fingerprint density at radius 3 is 3.06 bits per heavy atom. The molecule has 3 nitrogen and oxygen atoms in total. The maximum atomic E-state index is 12.8. The summed E-state index contributed by atoms with van der Waals surface area (Å²) in [5.74, 6) is -0.992. The van der Waals surface area contributed by atoms with Crippen molar-refractivity contribution in [2.24, 2.45) is 0 Å². The van der Waals surface area contributed by atoms with Crippen molar-refractivity contribution in [3.63, 3.8) is 0 Å². The second kappa shape index (κ2) is 6.36. The van der Waals surface area contributed by atoms with Crippen molar-refractivity contribution < 1.29 is 13.9 Å². The number of nitrogens with zero attached hydrogens (tertiary/aromatic N) is 1. The van der Waals surface area contributed by atoms with Gasteiger partial charge < -0.3 is 4.74 Å². The summed E-state index contributed by atoms with van der Waals surface area (Å²) < 4.78 is 17.7. The minimum Gasteiger partial charge on any atom is -0.465 e. The Balaban J connectivity index is 2.82. The van der Waals surface area contributed by atoms with E-state index in [1.54, 1.807) is 6.92 Å². The van der Waals surface area contributed by atoms with Crippen LogP contribution in [0.15, 0.2) is 12.1 Å². The number of nitriles is 1. The first-order valence-corrected chi connectivity index (χ1v) is 5.91. The molecule has 0 aliphatic rings. The lowest BCUT2D eigenvalue weighted by atomic mass is 10.0. The van der Waals surface area contributed by atoms with Crippen LogP contribution in [0.1, 0.15) is 18.1 Å². The van der Waals surface area contributed by atoms with Gasteiger partial charge in [0.1, 0.15) is 10.6 Å². The molecule has 0 spiro atoms. The largest absolute Gasteiger partial charge is 0.465 e. The summed E-state index contributed by atoms with van der Waals surface area (Å²) >= 11 is 3.17. The number of rotatable bonds is 4. The van der Waals surface area contributed by atoms with Crippen LogP contribution in [-0.4, -0.2) is 17.4 Å². The van der Waals surface area contributed by atoms with Gasteiger partial charge in [0.15, 0.2) is 0 Å². The molecule has 5 heteroatoms. The van der Waals surface area contributed by atoms with Crippen LogP contribution in [0.4, 0.5) is 4.39 Å². The van der Waals surface area contributed by atoms with Crippen molar-refractivity contribution in [1.82, 2.24) is 0 Å². The van der Waals surface area contributed by atoms with E-state index in [-0.39, 0.29) is 12.0 Å². The minimum absolute atomic E-state index is 0.204. The summed E-state index contributed by atoms with van der Waals surface area (Å²) in [6, 6.07) is 6.71. The van der Waals surface area contributed by atoms with E-state index >= 15 is 0 Å². The average Bonchev–Trinajstić information content (AvgIpc) is 2.31. The van der Waals surface area contributed by atoms with Gasteiger partial charge in [-0.3, -0.25) is 4.79 Å². The van der Waals surface area contributed by atoms with Crippen molar-refractivity contribution >= 4 is 21.9 Å². The van der Waals surface area contributed by atoms with Gasteiger partial charge in [-0.2, -0.15) is 5.26 Å². The normalized spacial score (nSPS) is 11.6. The van der Waals surface area contributed by atoms with Gasteiger partial charge in [0.2, 0.25) is 0 Å². The molecule has 0 aromatic heterocycles. The average molecular weight is 299 g/mol. The minimum atomic E-state index is -0.590. The number of alkyl halides is 1. The fraction of sp³-hybridized carbons (Fsp3) is 0.333. The standard InChI is InChI=1S/C12H10BrFNO2/c1-2-17-12(16)11(13)6-8-3-4-10(14)5-9(8)7-15/h3,5,11H,2,6H2,1H3. The lowest BCUT2D eigenvalue weighted by Crippen LogP contribution is -2.20. The molecule has 0 bridgehead atoms. The monoisotopic (exact) mass is 298 g/mol. The number of esters is 1. The van der Waals surface area contributed by atoms with E-state index in [0.29, 0.717) is 12.2 Å². The molecule has 1 unspecified atom stereocenters. The van der Waals surface area contributed by atoms with Crippen molar-refractivity contribution in [1.29, 1.82) is 5.26 Å². The first-order valence-electron chi connectivity index (χ1n) is 4.99. The molecule has 0 saturated heterocycles. The molecule has 0 N–H and O–H groups in total. The smallest absolute Gasteiger partial charge is 0.320 e. The van der Waals surface area contributed by atoms with Gasteiger partial charge in [-0.05, 0) is 31.0 Å². The summed E-state index contributed by atoms with van der Waals surface area (Å²) in [6.45, 7) is 2.01. The molecule has 17 heavy (non-hydrogen) atoms. The molecule has 0 aliphatic carbocycles. The van der Waals surface area contributed by atoms with Crippen LogP contribution >= 0.6 is 15.9 Å². The Kier molecular flexibility index (Phi) is 5.11. The van der Waals surface area contributed by atoms with E-state index in [4.69, 9.17) is 10.00 Å². The first kappa shape index (κ1) is 13.7. The second-order valence-corrected chi connectivity index (χ2v) is 4.36. The predicted octanol–water partition coefficient (Wildman–Crippen LogP) is 2.37. The van der Waals surface area contributed by atoms with Crippen LogP contribution in [0.3, 0.4) is 0 Å². The number of carbonyl (C=O) groups excluding carboxylic acids is 1. The summed E-state index contributed by atoms with van der Waals surface area (Å²) in [5.41, 5.74) is 0.763. The van der Waals surface area contributed by atoms with Crippen LogP contribution in [-0.2, 0) is 16.0 Å². The van der Waals surface area contributed by atoms with Gasteiger partial charge in [0, 0.05) is 6.07 Å². The van der Waals surface area contributed by atoms with Crippen LogP contribution in [0, 0.1) is 23.2 Å². The number of ether oxygens (including phenoxy) is 1. The molecule has 89 valence electrons. The fourth-order valence-corrected chi connectivity index (χ4v) is 1.76. The van der Waals surface area contributed by atoms with E-state index in [1.165, 1.54) is 6.07 Å². The summed E-state index contributed by atoms with van der Waals surface area (Å²) in [6.07, 6.45) is 0.262. The first-order chi connectivity index (χ1) is 8.08. The molecule has 1 rings (SSSR count). The molecule has 1 aromatic carbocycles. The second-order valence-electron chi connectivity index (χ2n) is 3.26. The predicted molar refractivity (Wildman–Crippen MR) is 63.0 cm³/mol. The molecular formula is C12H10BrFNO2. The molecule has 0 aliphatic heterocycles. The lowest BCUT2D eigenvalue weighted by Gasteiger charge is -2.09. The van der Waals surface area contributed by atoms with E-state index < -0.39 is 16.6 Å². The Morgan fingerprint density at radius 2 is 2.47 bits per heavy atom. The van der Waals surface area contributed by atoms with Crippen LogP contribution < -0.4 is 0 Å². The number of hydrogen-bond donors (Lipinski definition) is 0. The third-order valence-corrected chi connectivity index (χ3v) is 2.76. The molecule has 0 fully saturated rings. The van der Waals surface area contributed by atoms with Crippen molar-refractivity contribution in [3.8, 4) is 6.07 Å². The lowest BCUT2D eigenvalue weighted by molar-refractivity contribution is -0.142. The molecule has 0 heterocycles. The molecule has 1 atom stereocenters. The Morgan fingerprint density at radius 1 is 1.76 bits per heavy atom. The van der Waals surface area contributed by atoms with Gasteiger partial charge in [-0.15, -0.1) is 0 Å². The third kappa shape index (κ3) is 3.82. The van der Waals surface area contributed by atoms with E-state index in [0.717, 1.165) is 6.07 Å². The highest BCUT2D eigenvalue weighted by Crippen LogP contribution is 2.16. The number of benzene rings is 1. The number of hydrogen-bond acceptors (Lipinski definition) is 3. The topological polar surface area (TPSA) is 50.1 Å². The van der Waals surface area contributed by atoms with Crippen molar-refractivity contribution in [3.05, 3.63) is 35.1 Å². The van der Waals surface area contributed by atoms with Gasteiger partial charge in [0.25, 0.3) is 0 Å². The van der Waals surface area contributed by atoms with Gasteiger partial charge in [0.05, 0.1) is 18.2 Å². The highest BCUT2D eigenvalue weighted by Gasteiger charge is 2.18. The Labute approximate surface area is 107 Å². The third-order valence-electron chi connectivity index (χ3n) is 2.06. The number of carbonyl (C=O) groups is 1. The van der Waals surface area contributed by atoms with E-state index in [1.807, 2.05) is 6.07 Å². The SMILES string of the molecule is CCOC(=O)C(Br)Cc1c[c]c(F)cc1C#N. The van der Waals surface area contributed by atoms with Gasteiger partial charge in [-0.25, -0.2) is 4.39 Å². The highest BCUT2D eigenvalue weighted by molar-refractivity contribution is 9.10. The van der Waals surface area contributed by atoms with Crippen molar-refractivity contribution in [2.75, 3.05) is 6.61 Å². The maximum Gasteiger partial charge on any atom is 0.320 e. The maximum absolute atomic E-state index is 12.8. The summed E-state index contributed by atoms with van der Waals surface area (Å²) in [4.78, 5) is 10.8. The summed E-state index contributed by atoms with van der Waals surface area (Å²) in [5, 5.41) is 8.84. The van der Waals surface area contributed by atoms with Crippen LogP contribution in [0.25, 0.3) is 0 Å².